The fourth-order valence-electron chi connectivity index (χ4n) is 3.96. The van der Waals surface area contributed by atoms with Crippen LogP contribution in [0.2, 0.25) is 5.02 Å². The molecule has 1 unspecified atom stereocenters. The van der Waals surface area contributed by atoms with Crippen molar-refractivity contribution >= 4 is 17.3 Å². The summed E-state index contributed by atoms with van der Waals surface area (Å²) in [4.78, 5) is 2.57. The van der Waals surface area contributed by atoms with Crippen LogP contribution < -0.4 is 10.6 Å². The van der Waals surface area contributed by atoms with Crippen LogP contribution >= 0.6 is 11.6 Å². The second-order valence-electron chi connectivity index (χ2n) is 6.45. The van der Waals surface area contributed by atoms with Crippen molar-refractivity contribution in [1.82, 2.24) is 0 Å². The van der Waals surface area contributed by atoms with E-state index in [1.54, 1.807) is 0 Å². The lowest BCUT2D eigenvalue weighted by Crippen LogP contribution is -2.47. The summed E-state index contributed by atoms with van der Waals surface area (Å²) in [5.41, 5.74) is 8.28. The highest BCUT2D eigenvalue weighted by Crippen LogP contribution is 2.40. The van der Waals surface area contributed by atoms with Gasteiger partial charge in [0.1, 0.15) is 0 Å². The van der Waals surface area contributed by atoms with Crippen LogP contribution in [0.15, 0.2) is 18.2 Å². The van der Waals surface area contributed by atoms with Crippen LogP contribution in [0.1, 0.15) is 57.1 Å². The molecule has 1 saturated carbocycles. The van der Waals surface area contributed by atoms with Crippen molar-refractivity contribution < 1.29 is 0 Å². The molecule has 2 nitrogen and oxygen atoms in total. The third kappa shape index (κ3) is 2.68. The van der Waals surface area contributed by atoms with Crippen LogP contribution in [0.25, 0.3) is 0 Å². The number of nitrogens with two attached hydrogens (primary N) is 1. The highest BCUT2D eigenvalue weighted by molar-refractivity contribution is 6.33. The second kappa shape index (κ2) is 5.95. The molecule has 0 radical (unpaired) electrons. The standard InChI is InChI=1S/C17H25ClN2/c1-12(19)14-8-9-17(15(18)11-14)20-10-4-6-13-5-2-3-7-16(13)20/h8-9,11-13,16H,2-7,10,19H2,1H3/t12?,13-,16-/m1/s1. The van der Waals surface area contributed by atoms with Gasteiger partial charge in [-0.05, 0) is 56.2 Å². The highest BCUT2D eigenvalue weighted by atomic mass is 35.5. The predicted octanol–water partition coefficient (Wildman–Crippen LogP) is 4.52. The Morgan fingerprint density at radius 3 is 2.70 bits per heavy atom. The lowest BCUT2D eigenvalue weighted by atomic mass is 9.78. The zero-order chi connectivity index (χ0) is 14.1. The van der Waals surface area contributed by atoms with Gasteiger partial charge in [0, 0.05) is 18.6 Å². The molecule has 0 amide bonds. The Morgan fingerprint density at radius 1 is 1.20 bits per heavy atom. The Hall–Kier alpha value is -0.730. The number of rotatable bonds is 2. The summed E-state index contributed by atoms with van der Waals surface area (Å²) >= 11 is 6.54. The summed E-state index contributed by atoms with van der Waals surface area (Å²) in [6.07, 6.45) is 8.20. The molecule has 3 atom stereocenters. The fraction of sp³-hybridized carbons (Fsp3) is 0.647. The third-order valence-electron chi connectivity index (χ3n) is 5.05. The van der Waals surface area contributed by atoms with Gasteiger partial charge in [0.2, 0.25) is 0 Å². The van der Waals surface area contributed by atoms with Crippen molar-refractivity contribution in [1.29, 1.82) is 0 Å². The summed E-state index contributed by atoms with van der Waals surface area (Å²) in [7, 11) is 0. The van der Waals surface area contributed by atoms with Crippen molar-refractivity contribution in [2.75, 3.05) is 11.4 Å². The first-order valence-electron chi connectivity index (χ1n) is 7.98. The van der Waals surface area contributed by atoms with Gasteiger partial charge in [-0.15, -0.1) is 0 Å². The van der Waals surface area contributed by atoms with Crippen molar-refractivity contribution in [3.63, 3.8) is 0 Å². The minimum atomic E-state index is 0.0466. The van der Waals surface area contributed by atoms with Crippen molar-refractivity contribution in [2.45, 2.75) is 57.5 Å². The molecule has 1 aromatic rings. The lowest BCUT2D eigenvalue weighted by molar-refractivity contribution is 0.244. The molecule has 1 aliphatic carbocycles. The number of fused-ring (bicyclic) bond motifs is 1. The number of hydrogen-bond acceptors (Lipinski definition) is 2. The monoisotopic (exact) mass is 292 g/mol. The van der Waals surface area contributed by atoms with E-state index >= 15 is 0 Å². The molecule has 0 bridgehead atoms. The summed E-state index contributed by atoms with van der Waals surface area (Å²) in [6, 6.07) is 7.12. The van der Waals surface area contributed by atoms with Crippen LogP contribution in [0.5, 0.6) is 0 Å². The molecule has 1 heterocycles. The summed E-state index contributed by atoms with van der Waals surface area (Å²) in [5, 5.41) is 0.867. The first-order chi connectivity index (χ1) is 9.66. The van der Waals surface area contributed by atoms with Crippen LogP contribution in [-0.4, -0.2) is 12.6 Å². The molecule has 3 rings (SSSR count). The molecule has 1 aromatic carbocycles. The van der Waals surface area contributed by atoms with Gasteiger partial charge in [-0.1, -0.05) is 30.5 Å². The van der Waals surface area contributed by atoms with Crippen molar-refractivity contribution in [3.8, 4) is 0 Å². The van der Waals surface area contributed by atoms with Crippen LogP contribution in [-0.2, 0) is 0 Å². The summed E-state index contributed by atoms with van der Waals surface area (Å²) in [6.45, 7) is 3.15. The molecule has 2 aliphatic rings. The average Bonchev–Trinajstić information content (AvgIpc) is 2.46. The highest BCUT2D eigenvalue weighted by Gasteiger charge is 2.33. The quantitative estimate of drug-likeness (QED) is 0.868. The van der Waals surface area contributed by atoms with Gasteiger partial charge in [0.25, 0.3) is 0 Å². The maximum absolute atomic E-state index is 6.54. The normalized spacial score (nSPS) is 28.1. The minimum absolute atomic E-state index is 0.0466. The van der Waals surface area contributed by atoms with Gasteiger partial charge in [-0.3, -0.25) is 0 Å². The smallest absolute Gasteiger partial charge is 0.0642 e. The van der Waals surface area contributed by atoms with Gasteiger partial charge in [0.15, 0.2) is 0 Å². The van der Waals surface area contributed by atoms with E-state index in [0.717, 1.165) is 23.0 Å². The molecule has 2 fully saturated rings. The maximum atomic E-state index is 6.54. The van der Waals surface area contributed by atoms with Gasteiger partial charge in [-0.2, -0.15) is 0 Å². The average molecular weight is 293 g/mol. The van der Waals surface area contributed by atoms with Gasteiger partial charge < -0.3 is 10.6 Å². The second-order valence-corrected chi connectivity index (χ2v) is 6.85. The molecule has 1 saturated heterocycles. The van der Waals surface area contributed by atoms with Gasteiger partial charge >= 0.3 is 0 Å². The lowest BCUT2D eigenvalue weighted by Gasteiger charge is -2.45. The molecule has 0 spiro atoms. The van der Waals surface area contributed by atoms with Crippen LogP contribution in [0, 0.1) is 5.92 Å². The molecule has 2 N–H and O–H groups in total. The number of piperidine rings is 1. The number of benzene rings is 1. The van der Waals surface area contributed by atoms with E-state index in [1.165, 1.54) is 44.2 Å². The number of halogens is 1. The molecule has 3 heteroatoms. The fourth-order valence-corrected chi connectivity index (χ4v) is 4.26. The number of hydrogen-bond donors (Lipinski definition) is 1. The van der Waals surface area contributed by atoms with E-state index in [2.05, 4.69) is 17.0 Å². The Balaban J connectivity index is 1.87. The molecule has 0 aromatic heterocycles. The zero-order valence-corrected chi connectivity index (χ0v) is 13.1. The predicted molar refractivity (Wildman–Crippen MR) is 86.4 cm³/mol. The minimum Gasteiger partial charge on any atom is -0.367 e. The first kappa shape index (κ1) is 14.2. The van der Waals surface area contributed by atoms with Crippen LogP contribution in [0.4, 0.5) is 5.69 Å². The van der Waals surface area contributed by atoms with Crippen LogP contribution in [0.3, 0.4) is 0 Å². The molecule has 110 valence electrons. The van der Waals surface area contributed by atoms with E-state index in [4.69, 9.17) is 17.3 Å². The first-order valence-corrected chi connectivity index (χ1v) is 8.36. The SMILES string of the molecule is CC(N)c1ccc(N2CCC[C@H]3CCCC[C@H]32)c(Cl)c1. The third-order valence-corrected chi connectivity index (χ3v) is 5.35. The van der Waals surface area contributed by atoms with Crippen molar-refractivity contribution in [3.05, 3.63) is 28.8 Å². The topological polar surface area (TPSA) is 29.3 Å². The number of anilines is 1. The van der Waals surface area contributed by atoms with E-state index in [-0.39, 0.29) is 6.04 Å². The van der Waals surface area contributed by atoms with E-state index < -0.39 is 0 Å². The van der Waals surface area contributed by atoms with E-state index in [0.29, 0.717) is 6.04 Å². The Kier molecular flexibility index (Phi) is 4.23. The Bertz CT molecular complexity index is 470. The Morgan fingerprint density at radius 2 is 1.95 bits per heavy atom. The Labute approximate surface area is 127 Å². The molecular weight excluding hydrogens is 268 g/mol. The maximum Gasteiger partial charge on any atom is 0.0642 e. The molecular formula is C17H25ClN2. The van der Waals surface area contributed by atoms with Gasteiger partial charge in [-0.25, -0.2) is 0 Å². The zero-order valence-electron chi connectivity index (χ0n) is 12.3. The van der Waals surface area contributed by atoms with Gasteiger partial charge in [0.05, 0.1) is 10.7 Å². The molecule has 1 aliphatic heterocycles. The molecule has 20 heavy (non-hydrogen) atoms. The summed E-state index contributed by atoms with van der Waals surface area (Å²) < 4.78 is 0. The van der Waals surface area contributed by atoms with E-state index in [1.807, 2.05) is 13.0 Å². The number of nitrogens with zero attached hydrogens (tertiary/aromatic N) is 1. The van der Waals surface area contributed by atoms with Crippen molar-refractivity contribution in [2.24, 2.45) is 11.7 Å². The van der Waals surface area contributed by atoms with E-state index in [9.17, 15) is 0 Å². The largest absolute Gasteiger partial charge is 0.367 e. The summed E-state index contributed by atoms with van der Waals surface area (Å²) in [5.74, 6) is 0.877.